The summed E-state index contributed by atoms with van der Waals surface area (Å²) in [6, 6.07) is 6.45. The van der Waals surface area contributed by atoms with Crippen molar-refractivity contribution in [1.29, 1.82) is 0 Å². The molecular formula is C14H19NOS. The highest BCUT2D eigenvalue weighted by atomic mass is 32.2. The third kappa shape index (κ3) is 2.39. The summed E-state index contributed by atoms with van der Waals surface area (Å²) in [6.45, 7) is 4.26. The Bertz CT molecular complexity index is 415. The molecule has 3 heteroatoms. The molecule has 0 unspecified atom stereocenters. The number of hydrogen-bond donors (Lipinski definition) is 1. The minimum absolute atomic E-state index is 0.402. The van der Waals surface area contributed by atoms with Crippen LogP contribution in [0.15, 0.2) is 18.2 Å². The maximum atomic E-state index is 5.94. The van der Waals surface area contributed by atoms with Gasteiger partial charge in [0.25, 0.3) is 0 Å². The second-order valence-corrected chi connectivity index (χ2v) is 6.43. The van der Waals surface area contributed by atoms with Crippen LogP contribution in [-0.4, -0.2) is 24.7 Å². The maximum Gasteiger partial charge on any atom is 0.119 e. The van der Waals surface area contributed by atoms with Gasteiger partial charge in [-0.15, -0.1) is 0 Å². The van der Waals surface area contributed by atoms with Crippen LogP contribution < -0.4 is 10.1 Å². The Morgan fingerprint density at radius 1 is 1.41 bits per heavy atom. The van der Waals surface area contributed by atoms with Crippen molar-refractivity contribution in [1.82, 2.24) is 0 Å². The first kappa shape index (κ1) is 11.3. The highest BCUT2D eigenvalue weighted by Crippen LogP contribution is 2.38. The van der Waals surface area contributed by atoms with Crippen LogP contribution in [0.1, 0.15) is 18.9 Å². The molecule has 17 heavy (non-hydrogen) atoms. The lowest BCUT2D eigenvalue weighted by Crippen LogP contribution is -2.38. The van der Waals surface area contributed by atoms with E-state index >= 15 is 0 Å². The fourth-order valence-corrected chi connectivity index (χ4v) is 3.40. The fraction of sp³-hybridized carbons (Fsp3) is 0.571. The first-order valence-electron chi connectivity index (χ1n) is 6.33. The minimum Gasteiger partial charge on any atom is -0.493 e. The standard InChI is InChI=1S/C14H19NOS/c1-14(9-17-10-14)8-16-12-4-5-13-11(7-12)3-2-6-15-13/h4-5,7,15H,2-3,6,8-10H2,1H3. The van der Waals surface area contributed by atoms with Gasteiger partial charge in [0.15, 0.2) is 0 Å². The average molecular weight is 249 g/mol. The SMILES string of the molecule is CC1(COc2ccc3c(c2)CCCN3)CSC1. The van der Waals surface area contributed by atoms with Gasteiger partial charge in [0.05, 0.1) is 6.61 Å². The minimum atomic E-state index is 0.402. The van der Waals surface area contributed by atoms with Crippen LogP contribution in [0, 0.1) is 5.41 Å². The molecule has 1 aromatic rings. The summed E-state index contributed by atoms with van der Waals surface area (Å²) in [4.78, 5) is 0. The Hall–Kier alpha value is -0.830. The number of ether oxygens (including phenoxy) is 1. The number of benzene rings is 1. The Balaban J connectivity index is 1.67. The lowest BCUT2D eigenvalue weighted by molar-refractivity contribution is 0.196. The van der Waals surface area contributed by atoms with Gasteiger partial charge < -0.3 is 10.1 Å². The Kier molecular flexibility index (Phi) is 2.95. The molecule has 0 amide bonds. The summed E-state index contributed by atoms with van der Waals surface area (Å²) in [7, 11) is 0. The van der Waals surface area contributed by atoms with Crippen LogP contribution in [0.2, 0.25) is 0 Å². The van der Waals surface area contributed by atoms with E-state index in [0.717, 1.165) is 18.9 Å². The number of hydrogen-bond acceptors (Lipinski definition) is 3. The monoisotopic (exact) mass is 249 g/mol. The number of aryl methyl sites for hydroxylation is 1. The molecular weight excluding hydrogens is 230 g/mol. The summed E-state index contributed by atoms with van der Waals surface area (Å²) in [5.41, 5.74) is 3.09. The maximum absolute atomic E-state index is 5.94. The van der Waals surface area contributed by atoms with E-state index in [4.69, 9.17) is 4.74 Å². The van der Waals surface area contributed by atoms with E-state index in [1.54, 1.807) is 0 Å². The topological polar surface area (TPSA) is 21.3 Å². The van der Waals surface area contributed by atoms with E-state index in [9.17, 15) is 0 Å². The molecule has 0 atom stereocenters. The van der Waals surface area contributed by atoms with Crippen LogP contribution in [0.3, 0.4) is 0 Å². The number of thioether (sulfide) groups is 1. The van der Waals surface area contributed by atoms with E-state index in [-0.39, 0.29) is 0 Å². The van der Waals surface area contributed by atoms with Crippen LogP contribution in [0.5, 0.6) is 5.75 Å². The van der Waals surface area contributed by atoms with Crippen LogP contribution >= 0.6 is 11.8 Å². The molecule has 1 fully saturated rings. The van der Waals surface area contributed by atoms with Gasteiger partial charge in [0, 0.05) is 29.2 Å². The van der Waals surface area contributed by atoms with E-state index < -0.39 is 0 Å². The number of anilines is 1. The zero-order valence-corrected chi connectivity index (χ0v) is 11.1. The van der Waals surface area contributed by atoms with E-state index in [0.29, 0.717) is 5.41 Å². The van der Waals surface area contributed by atoms with Gasteiger partial charge in [0.1, 0.15) is 5.75 Å². The molecule has 0 spiro atoms. The third-order valence-electron chi connectivity index (χ3n) is 3.50. The number of fused-ring (bicyclic) bond motifs is 1. The van der Waals surface area contributed by atoms with E-state index in [1.165, 1.54) is 35.6 Å². The summed E-state index contributed by atoms with van der Waals surface area (Å²) < 4.78 is 5.94. The molecule has 2 nitrogen and oxygen atoms in total. The first-order chi connectivity index (χ1) is 8.25. The molecule has 0 radical (unpaired) electrons. The van der Waals surface area contributed by atoms with Gasteiger partial charge in [-0.2, -0.15) is 11.8 Å². The van der Waals surface area contributed by atoms with Crippen molar-refractivity contribution in [2.24, 2.45) is 5.41 Å². The smallest absolute Gasteiger partial charge is 0.119 e. The summed E-state index contributed by atoms with van der Waals surface area (Å²) in [5, 5.41) is 3.43. The zero-order valence-electron chi connectivity index (χ0n) is 10.3. The lowest BCUT2D eigenvalue weighted by atomic mass is 9.96. The fourth-order valence-electron chi connectivity index (χ4n) is 2.33. The Morgan fingerprint density at radius 3 is 3.06 bits per heavy atom. The number of nitrogens with one attached hydrogen (secondary N) is 1. The summed E-state index contributed by atoms with van der Waals surface area (Å²) in [6.07, 6.45) is 2.40. The molecule has 1 N–H and O–H groups in total. The molecule has 2 heterocycles. The molecule has 2 aliphatic heterocycles. The summed E-state index contributed by atoms with van der Waals surface area (Å²) >= 11 is 2.01. The normalized spacial score (nSPS) is 21.0. The largest absolute Gasteiger partial charge is 0.493 e. The van der Waals surface area contributed by atoms with E-state index in [1.807, 2.05) is 11.8 Å². The van der Waals surface area contributed by atoms with Crippen molar-refractivity contribution in [3.63, 3.8) is 0 Å². The third-order valence-corrected chi connectivity index (χ3v) is 5.31. The summed E-state index contributed by atoms with van der Waals surface area (Å²) in [5.74, 6) is 3.50. The van der Waals surface area contributed by atoms with Gasteiger partial charge in [-0.25, -0.2) is 0 Å². The highest BCUT2D eigenvalue weighted by Gasteiger charge is 2.33. The molecule has 0 aliphatic carbocycles. The van der Waals surface area contributed by atoms with Gasteiger partial charge in [-0.1, -0.05) is 6.92 Å². The molecule has 92 valence electrons. The van der Waals surface area contributed by atoms with Crippen LogP contribution in [-0.2, 0) is 6.42 Å². The van der Waals surface area contributed by atoms with Crippen molar-refractivity contribution in [3.8, 4) is 5.75 Å². The molecule has 1 aromatic carbocycles. The predicted molar refractivity (Wildman–Crippen MR) is 74.2 cm³/mol. The van der Waals surface area contributed by atoms with Crippen molar-refractivity contribution in [2.75, 3.05) is 30.0 Å². The average Bonchev–Trinajstić information content (AvgIpc) is 2.34. The molecule has 0 bridgehead atoms. The second-order valence-electron chi connectivity index (χ2n) is 5.44. The molecule has 1 saturated heterocycles. The van der Waals surface area contributed by atoms with Gasteiger partial charge >= 0.3 is 0 Å². The van der Waals surface area contributed by atoms with Crippen molar-refractivity contribution in [2.45, 2.75) is 19.8 Å². The van der Waals surface area contributed by atoms with Crippen molar-refractivity contribution < 1.29 is 4.74 Å². The van der Waals surface area contributed by atoms with E-state index in [2.05, 4.69) is 30.4 Å². The zero-order chi connectivity index (χ0) is 11.7. The number of rotatable bonds is 3. The quantitative estimate of drug-likeness (QED) is 0.889. The second kappa shape index (κ2) is 4.45. The lowest BCUT2D eigenvalue weighted by Gasteiger charge is -2.37. The van der Waals surface area contributed by atoms with Crippen molar-refractivity contribution in [3.05, 3.63) is 23.8 Å². The Morgan fingerprint density at radius 2 is 2.29 bits per heavy atom. The predicted octanol–water partition coefficient (Wildman–Crippen LogP) is 3.18. The van der Waals surface area contributed by atoms with Crippen molar-refractivity contribution >= 4 is 17.4 Å². The van der Waals surface area contributed by atoms with Crippen LogP contribution in [0.25, 0.3) is 0 Å². The molecule has 2 aliphatic rings. The molecule has 0 saturated carbocycles. The highest BCUT2D eigenvalue weighted by molar-refractivity contribution is 8.00. The molecule has 0 aromatic heterocycles. The van der Waals surface area contributed by atoms with Gasteiger partial charge in [0.2, 0.25) is 0 Å². The van der Waals surface area contributed by atoms with Crippen LogP contribution in [0.4, 0.5) is 5.69 Å². The van der Waals surface area contributed by atoms with Gasteiger partial charge in [-0.05, 0) is 36.6 Å². The molecule has 3 rings (SSSR count). The van der Waals surface area contributed by atoms with Gasteiger partial charge in [-0.3, -0.25) is 0 Å². The first-order valence-corrected chi connectivity index (χ1v) is 7.48. The Labute approximate surface area is 107 Å².